The first-order valence-electron chi connectivity index (χ1n) is 23.3. The third-order valence-corrected chi connectivity index (χ3v) is 18.1. The minimum atomic E-state index is -1.82. The van der Waals surface area contributed by atoms with E-state index in [1.54, 1.807) is 0 Å². The fourth-order valence-electron chi connectivity index (χ4n) is 14.6. The standard InChI is InChI=1S/C44H73NO16/c1-19-7-12-44(45-15-19)20(2)30-27(61-44)14-25-23-6-5-21-13-22(8-10-42(21,3)24(23)9-11-43(25,30)4)56-40-35(53)33(51)37(29(17-47)58-40)59-41-36(54)38(32(50)28(16-46)57-41)60-39-34(52)31(49)26(48)18-55-39/h19-41,45-54H,5-18H2,1-4H3/t19-,20-,21-,22-,23+,24-,25-,26+,27-,28+,29+,30-,31-,32+,33+,34+,35+,36+,37-,38-,39?,40+,41+,42-,43-,44-/m0/s1. The van der Waals surface area contributed by atoms with E-state index in [0.29, 0.717) is 47.5 Å². The molecule has 10 N–H and O–H groups in total. The molecule has 0 radical (unpaired) electrons. The van der Waals surface area contributed by atoms with Crippen molar-refractivity contribution in [3.63, 3.8) is 0 Å². The summed E-state index contributed by atoms with van der Waals surface area (Å²) in [6.07, 6.45) is -10.8. The predicted octanol–water partition coefficient (Wildman–Crippen LogP) is -0.521. The van der Waals surface area contributed by atoms with Gasteiger partial charge in [0.1, 0.15) is 72.9 Å². The summed E-state index contributed by atoms with van der Waals surface area (Å²) in [5.74, 6) is 4.17. The molecular weight excluding hydrogens is 798 g/mol. The van der Waals surface area contributed by atoms with Crippen LogP contribution in [0.2, 0.25) is 0 Å². The van der Waals surface area contributed by atoms with Gasteiger partial charge in [0.15, 0.2) is 18.9 Å². The molecule has 5 aliphatic heterocycles. The molecule has 5 heterocycles. The topological polar surface area (TPSA) is 259 Å². The number of rotatable bonds is 8. The third kappa shape index (κ3) is 7.58. The normalized spacial score (nSPS) is 58.5. The van der Waals surface area contributed by atoms with Crippen molar-refractivity contribution in [2.24, 2.45) is 52.3 Å². The Hall–Kier alpha value is -0.680. The number of hydrogen-bond acceptors (Lipinski definition) is 17. The number of fused-ring (bicyclic) bond motifs is 7. The van der Waals surface area contributed by atoms with E-state index < -0.39 is 106 Å². The van der Waals surface area contributed by atoms with Crippen molar-refractivity contribution in [3.8, 4) is 0 Å². The quantitative estimate of drug-likeness (QED) is 0.138. The Labute approximate surface area is 358 Å². The number of aliphatic hydroxyl groups is 9. The lowest BCUT2D eigenvalue weighted by molar-refractivity contribution is -0.378. The maximum absolute atomic E-state index is 11.4. The maximum atomic E-state index is 11.4. The molecule has 1 spiro atoms. The van der Waals surface area contributed by atoms with Crippen molar-refractivity contribution in [1.82, 2.24) is 5.32 Å². The van der Waals surface area contributed by atoms with Crippen molar-refractivity contribution in [3.05, 3.63) is 0 Å². The Morgan fingerprint density at radius 3 is 2.05 bits per heavy atom. The van der Waals surface area contributed by atoms with Gasteiger partial charge in [-0.2, -0.15) is 0 Å². The van der Waals surface area contributed by atoms with Crippen LogP contribution in [-0.2, 0) is 33.2 Å². The van der Waals surface area contributed by atoms with Gasteiger partial charge in [0.2, 0.25) is 0 Å². The van der Waals surface area contributed by atoms with Crippen molar-refractivity contribution in [1.29, 1.82) is 0 Å². The van der Waals surface area contributed by atoms with Crippen LogP contribution in [-0.4, -0.2) is 176 Å². The molecule has 17 heteroatoms. The number of hydrogen-bond donors (Lipinski definition) is 10. The Morgan fingerprint density at radius 2 is 1.33 bits per heavy atom. The number of nitrogens with one attached hydrogen (secondary N) is 1. The van der Waals surface area contributed by atoms with Gasteiger partial charge in [-0.1, -0.05) is 27.7 Å². The first-order chi connectivity index (χ1) is 29.0. The molecule has 9 fully saturated rings. The Bertz CT molecular complexity index is 1520. The van der Waals surface area contributed by atoms with E-state index in [1.165, 1.54) is 25.7 Å². The zero-order valence-corrected chi connectivity index (χ0v) is 36.1. The van der Waals surface area contributed by atoms with Crippen LogP contribution in [0, 0.1) is 52.3 Å². The highest BCUT2D eigenvalue weighted by atomic mass is 16.8. The predicted molar refractivity (Wildman–Crippen MR) is 212 cm³/mol. The van der Waals surface area contributed by atoms with E-state index in [4.69, 9.17) is 33.2 Å². The Kier molecular flexibility index (Phi) is 12.8. The van der Waals surface area contributed by atoms with Crippen molar-refractivity contribution < 1.29 is 79.1 Å². The first kappa shape index (κ1) is 45.5. The fourth-order valence-corrected chi connectivity index (χ4v) is 14.6. The van der Waals surface area contributed by atoms with Crippen LogP contribution in [0.3, 0.4) is 0 Å². The summed E-state index contributed by atoms with van der Waals surface area (Å²) in [4.78, 5) is 0. The smallest absolute Gasteiger partial charge is 0.187 e. The maximum Gasteiger partial charge on any atom is 0.187 e. The highest BCUT2D eigenvalue weighted by Crippen LogP contribution is 2.71. The van der Waals surface area contributed by atoms with Gasteiger partial charge in [-0.25, -0.2) is 0 Å². The van der Waals surface area contributed by atoms with Crippen LogP contribution in [0.4, 0.5) is 0 Å². The van der Waals surface area contributed by atoms with E-state index in [2.05, 4.69) is 33.0 Å². The van der Waals surface area contributed by atoms with Crippen molar-refractivity contribution in [2.45, 2.75) is 196 Å². The summed E-state index contributed by atoms with van der Waals surface area (Å²) in [5.41, 5.74) is 0.283. The molecule has 0 aromatic rings. The number of aliphatic hydroxyl groups excluding tert-OH is 9. The lowest BCUT2D eigenvalue weighted by Gasteiger charge is -2.61. The minimum absolute atomic E-state index is 0.166. The summed E-state index contributed by atoms with van der Waals surface area (Å²) in [6, 6.07) is 0. The molecule has 1 unspecified atom stereocenters. The van der Waals surface area contributed by atoms with Gasteiger partial charge < -0.3 is 79.1 Å². The largest absolute Gasteiger partial charge is 0.394 e. The summed E-state index contributed by atoms with van der Waals surface area (Å²) in [5, 5.41) is 99.6. The van der Waals surface area contributed by atoms with E-state index in [1.807, 2.05) is 0 Å². The molecule has 350 valence electrons. The highest BCUT2D eigenvalue weighted by molar-refractivity contribution is 5.16. The monoisotopic (exact) mass is 871 g/mol. The number of ether oxygens (including phenoxy) is 7. The molecule has 26 atom stereocenters. The van der Waals surface area contributed by atoms with Gasteiger partial charge in [-0.15, -0.1) is 0 Å². The van der Waals surface area contributed by atoms with E-state index in [9.17, 15) is 46.0 Å². The summed E-state index contributed by atoms with van der Waals surface area (Å²) in [7, 11) is 0. The summed E-state index contributed by atoms with van der Waals surface area (Å²) < 4.78 is 42.1. The first-order valence-corrected chi connectivity index (χ1v) is 23.3. The second-order valence-electron chi connectivity index (χ2n) is 21.2. The SMILES string of the molecule is C[C@H]1CC[C@]2(NC1)O[C@H]1C[C@H]3[C@@H]4CC[C@H]5C[C@@H](O[C@@H]6O[C@H](CO)[C@H](O[C@H]7O[C@H](CO)[C@@H](O)[C@H](OC8OC[C@@H](O)[C@H](O)[C@H]8O)[C@H]7O)[C@H](O)[C@H]6O)CC[C@]5(C)[C@H]4CC[C@]3(C)[C@H]1[C@@H]2C. The molecular formula is C44H73NO16. The Morgan fingerprint density at radius 1 is 0.639 bits per heavy atom. The molecule has 61 heavy (non-hydrogen) atoms. The van der Waals surface area contributed by atoms with E-state index in [0.717, 1.165) is 45.1 Å². The molecule has 0 bridgehead atoms. The van der Waals surface area contributed by atoms with Gasteiger partial charge in [0, 0.05) is 12.5 Å². The second kappa shape index (κ2) is 17.2. The molecule has 0 aromatic heterocycles. The molecule has 4 saturated carbocycles. The van der Waals surface area contributed by atoms with Crippen LogP contribution < -0.4 is 5.32 Å². The average Bonchev–Trinajstić information content (AvgIpc) is 3.69. The molecule has 17 nitrogen and oxygen atoms in total. The van der Waals surface area contributed by atoms with Gasteiger partial charge in [0.25, 0.3) is 0 Å². The molecule has 9 rings (SSSR count). The zero-order chi connectivity index (χ0) is 43.3. The van der Waals surface area contributed by atoms with Crippen LogP contribution in [0.1, 0.15) is 91.9 Å². The van der Waals surface area contributed by atoms with Crippen LogP contribution in [0.15, 0.2) is 0 Å². The summed E-state index contributed by atoms with van der Waals surface area (Å²) >= 11 is 0. The highest BCUT2D eigenvalue weighted by Gasteiger charge is 2.69. The van der Waals surface area contributed by atoms with Crippen LogP contribution in [0.25, 0.3) is 0 Å². The van der Waals surface area contributed by atoms with E-state index in [-0.39, 0.29) is 22.7 Å². The third-order valence-electron chi connectivity index (χ3n) is 18.1. The molecule has 5 saturated heterocycles. The van der Waals surface area contributed by atoms with Crippen LogP contribution >= 0.6 is 0 Å². The molecule has 4 aliphatic carbocycles. The second-order valence-corrected chi connectivity index (χ2v) is 21.2. The lowest BCUT2D eigenvalue weighted by Crippen LogP contribution is -2.66. The molecule has 9 aliphatic rings. The lowest BCUT2D eigenvalue weighted by atomic mass is 9.44. The van der Waals surface area contributed by atoms with Crippen molar-refractivity contribution >= 4 is 0 Å². The molecule has 0 amide bonds. The minimum Gasteiger partial charge on any atom is -0.394 e. The van der Waals surface area contributed by atoms with Gasteiger partial charge in [-0.3, -0.25) is 5.32 Å². The van der Waals surface area contributed by atoms with E-state index >= 15 is 0 Å². The van der Waals surface area contributed by atoms with Crippen molar-refractivity contribution in [2.75, 3.05) is 26.4 Å². The fraction of sp³-hybridized carbons (Fsp3) is 1.00. The van der Waals surface area contributed by atoms with Gasteiger partial charge in [0.05, 0.1) is 32.0 Å². The zero-order valence-electron chi connectivity index (χ0n) is 36.1. The van der Waals surface area contributed by atoms with Crippen LogP contribution in [0.5, 0.6) is 0 Å². The summed E-state index contributed by atoms with van der Waals surface area (Å²) in [6.45, 7) is 9.11. The van der Waals surface area contributed by atoms with Gasteiger partial charge >= 0.3 is 0 Å². The average molecular weight is 872 g/mol. The Balaban J connectivity index is 0.815. The number of piperidine rings is 1. The molecule has 0 aromatic carbocycles. The van der Waals surface area contributed by atoms with Gasteiger partial charge in [-0.05, 0) is 111 Å².